The molecule has 4 nitrogen and oxygen atoms in total. The third-order valence-electron chi connectivity index (χ3n) is 2.32. The van der Waals surface area contributed by atoms with Crippen molar-refractivity contribution < 1.29 is 4.74 Å². The van der Waals surface area contributed by atoms with Crippen LogP contribution in [0.4, 0.5) is 5.82 Å². The number of nitrogens with two attached hydrogens (primary N) is 1. The number of hydrogen-bond acceptors (Lipinski definition) is 4. The van der Waals surface area contributed by atoms with Crippen LogP contribution in [0.25, 0.3) is 0 Å². The molecule has 0 saturated heterocycles. The Hall–Kier alpha value is -1.11. The molecule has 18 heavy (non-hydrogen) atoms. The number of halogens is 2. The number of hydrogen-bond donors (Lipinski definition) is 2. The van der Waals surface area contributed by atoms with E-state index in [1.807, 2.05) is 30.3 Å². The predicted molar refractivity (Wildman–Crippen MR) is 78.2 cm³/mol. The monoisotopic (exact) mass is 371 g/mol. The van der Waals surface area contributed by atoms with Crippen molar-refractivity contribution in [2.24, 2.45) is 5.84 Å². The first-order valence-electron chi connectivity index (χ1n) is 5.19. The Balaban J connectivity index is 2.16. The van der Waals surface area contributed by atoms with E-state index in [1.54, 1.807) is 6.20 Å². The summed E-state index contributed by atoms with van der Waals surface area (Å²) in [5.41, 5.74) is 3.44. The minimum atomic E-state index is 0.384. The molecule has 2 rings (SSSR count). The van der Waals surface area contributed by atoms with Gasteiger partial charge in [-0.15, -0.1) is 0 Å². The van der Waals surface area contributed by atoms with E-state index in [9.17, 15) is 0 Å². The molecule has 0 saturated carbocycles. The molecule has 0 bridgehead atoms. The molecule has 2 aromatic rings. The minimum Gasteiger partial charge on any atom is -0.486 e. The summed E-state index contributed by atoms with van der Waals surface area (Å²) in [6.07, 6.45) is 1.67. The maximum Gasteiger partial charge on any atom is 0.148 e. The molecule has 0 amide bonds. The van der Waals surface area contributed by atoms with Gasteiger partial charge in [0.25, 0.3) is 0 Å². The number of anilines is 1. The van der Waals surface area contributed by atoms with Gasteiger partial charge in [-0.05, 0) is 50.1 Å². The Labute approximate surface area is 122 Å². The zero-order valence-electron chi connectivity index (χ0n) is 9.36. The Bertz CT molecular complexity index is 528. The summed E-state index contributed by atoms with van der Waals surface area (Å²) < 4.78 is 7.55. The number of hydrazine groups is 1. The highest BCUT2D eigenvalue weighted by Crippen LogP contribution is 2.33. The van der Waals surface area contributed by atoms with E-state index in [1.165, 1.54) is 0 Å². The fraction of sp³-hybridized carbons (Fsp3) is 0.0833. The molecule has 0 aliphatic carbocycles. The summed E-state index contributed by atoms with van der Waals surface area (Å²) in [5.74, 6) is 6.76. The van der Waals surface area contributed by atoms with Crippen molar-refractivity contribution in [3.63, 3.8) is 0 Å². The first-order valence-corrected chi connectivity index (χ1v) is 6.78. The second-order valence-corrected chi connectivity index (χ2v) is 5.20. The summed E-state index contributed by atoms with van der Waals surface area (Å²) in [6.45, 7) is 0.384. The highest BCUT2D eigenvalue weighted by Gasteiger charge is 2.08. The summed E-state index contributed by atoms with van der Waals surface area (Å²) in [4.78, 5) is 4.11. The van der Waals surface area contributed by atoms with Crippen LogP contribution in [-0.4, -0.2) is 4.98 Å². The maximum atomic E-state index is 5.77. The van der Waals surface area contributed by atoms with Crippen LogP contribution in [0, 0.1) is 0 Å². The van der Waals surface area contributed by atoms with Crippen LogP contribution in [0.1, 0.15) is 5.56 Å². The predicted octanol–water partition coefficient (Wildman–Crippen LogP) is 3.47. The van der Waals surface area contributed by atoms with Gasteiger partial charge in [0, 0.05) is 11.8 Å². The number of aromatic nitrogens is 1. The lowest BCUT2D eigenvalue weighted by Crippen LogP contribution is -2.12. The molecule has 94 valence electrons. The highest BCUT2D eigenvalue weighted by atomic mass is 79.9. The van der Waals surface area contributed by atoms with Gasteiger partial charge in [0.15, 0.2) is 0 Å². The van der Waals surface area contributed by atoms with E-state index in [4.69, 9.17) is 10.6 Å². The lowest BCUT2D eigenvalue weighted by molar-refractivity contribution is 0.302. The largest absolute Gasteiger partial charge is 0.486 e. The van der Waals surface area contributed by atoms with E-state index in [0.717, 1.165) is 20.3 Å². The molecular formula is C12H11Br2N3O. The van der Waals surface area contributed by atoms with E-state index in [2.05, 4.69) is 42.3 Å². The van der Waals surface area contributed by atoms with Gasteiger partial charge in [0.1, 0.15) is 18.2 Å². The molecule has 0 fully saturated rings. The van der Waals surface area contributed by atoms with Gasteiger partial charge in [-0.2, -0.15) is 0 Å². The van der Waals surface area contributed by atoms with Crippen LogP contribution in [0.15, 0.2) is 45.5 Å². The Morgan fingerprint density at radius 2 is 1.89 bits per heavy atom. The van der Waals surface area contributed by atoms with E-state index >= 15 is 0 Å². The first kappa shape index (κ1) is 13.3. The van der Waals surface area contributed by atoms with Crippen molar-refractivity contribution in [2.45, 2.75) is 6.61 Å². The molecule has 0 aliphatic heterocycles. The van der Waals surface area contributed by atoms with Crippen LogP contribution >= 0.6 is 31.9 Å². The molecule has 0 radical (unpaired) electrons. The number of nitrogen functional groups attached to an aromatic ring is 1. The Morgan fingerprint density at radius 1 is 1.17 bits per heavy atom. The zero-order chi connectivity index (χ0) is 13.0. The third kappa shape index (κ3) is 3.01. The molecule has 0 unspecified atom stereocenters. The van der Waals surface area contributed by atoms with Crippen molar-refractivity contribution in [1.82, 2.24) is 4.98 Å². The Morgan fingerprint density at radius 3 is 2.56 bits per heavy atom. The number of pyridine rings is 1. The van der Waals surface area contributed by atoms with Gasteiger partial charge in [0.2, 0.25) is 0 Å². The quantitative estimate of drug-likeness (QED) is 0.637. The number of ether oxygens (including phenoxy) is 1. The zero-order valence-corrected chi connectivity index (χ0v) is 12.5. The van der Waals surface area contributed by atoms with Gasteiger partial charge < -0.3 is 10.2 Å². The van der Waals surface area contributed by atoms with Gasteiger partial charge in [-0.3, -0.25) is 0 Å². The normalized spacial score (nSPS) is 10.2. The van der Waals surface area contributed by atoms with Crippen molar-refractivity contribution in [1.29, 1.82) is 0 Å². The highest BCUT2D eigenvalue weighted by molar-refractivity contribution is 9.11. The van der Waals surface area contributed by atoms with Crippen molar-refractivity contribution in [2.75, 3.05) is 5.43 Å². The summed E-state index contributed by atoms with van der Waals surface area (Å²) in [7, 11) is 0. The number of para-hydroxylation sites is 1. The van der Waals surface area contributed by atoms with Crippen LogP contribution < -0.4 is 16.0 Å². The maximum absolute atomic E-state index is 5.77. The standard InChI is InChI=1S/C12H11Br2N3O/c13-9-4-1-5-10(14)11(9)18-7-8-3-2-6-16-12(8)17-15/h1-6H,7,15H2,(H,16,17). The average Bonchev–Trinajstić information content (AvgIpc) is 2.38. The number of rotatable bonds is 4. The average molecular weight is 373 g/mol. The molecule has 0 atom stereocenters. The summed E-state index contributed by atoms with van der Waals surface area (Å²) >= 11 is 6.89. The number of nitrogens with zero attached hydrogens (tertiary/aromatic N) is 1. The lowest BCUT2D eigenvalue weighted by Gasteiger charge is -2.12. The number of benzene rings is 1. The van der Waals surface area contributed by atoms with E-state index in [-0.39, 0.29) is 0 Å². The van der Waals surface area contributed by atoms with Crippen molar-refractivity contribution >= 4 is 37.7 Å². The van der Waals surface area contributed by atoms with Gasteiger partial charge in [-0.25, -0.2) is 10.8 Å². The van der Waals surface area contributed by atoms with Gasteiger partial charge >= 0.3 is 0 Å². The Kier molecular flexibility index (Phi) is 4.57. The second-order valence-electron chi connectivity index (χ2n) is 3.49. The molecule has 1 aromatic carbocycles. The second kappa shape index (κ2) is 6.17. The van der Waals surface area contributed by atoms with Crippen LogP contribution in [0.2, 0.25) is 0 Å². The van der Waals surface area contributed by atoms with Gasteiger partial charge in [0.05, 0.1) is 8.95 Å². The van der Waals surface area contributed by atoms with Crippen molar-refractivity contribution in [3.8, 4) is 5.75 Å². The molecular weight excluding hydrogens is 362 g/mol. The SMILES string of the molecule is NNc1ncccc1COc1c(Br)cccc1Br. The lowest BCUT2D eigenvalue weighted by atomic mass is 10.2. The molecule has 6 heteroatoms. The van der Waals surface area contributed by atoms with Crippen molar-refractivity contribution in [3.05, 3.63) is 51.0 Å². The number of nitrogens with one attached hydrogen (secondary N) is 1. The molecule has 3 N–H and O–H groups in total. The first-order chi connectivity index (χ1) is 8.72. The van der Waals surface area contributed by atoms with E-state index < -0.39 is 0 Å². The molecule has 1 heterocycles. The van der Waals surface area contributed by atoms with Crippen LogP contribution in [0.3, 0.4) is 0 Å². The fourth-order valence-electron chi connectivity index (χ4n) is 1.46. The van der Waals surface area contributed by atoms with Gasteiger partial charge in [-0.1, -0.05) is 12.1 Å². The molecule has 0 spiro atoms. The molecule has 1 aromatic heterocycles. The summed E-state index contributed by atoms with van der Waals surface area (Å²) in [5, 5.41) is 0. The summed E-state index contributed by atoms with van der Waals surface area (Å²) in [6, 6.07) is 9.52. The van der Waals surface area contributed by atoms with Crippen LogP contribution in [0.5, 0.6) is 5.75 Å². The third-order valence-corrected chi connectivity index (χ3v) is 3.57. The molecule has 0 aliphatic rings. The fourth-order valence-corrected chi connectivity index (χ4v) is 2.68. The van der Waals surface area contributed by atoms with E-state index in [0.29, 0.717) is 12.4 Å². The minimum absolute atomic E-state index is 0.384. The topological polar surface area (TPSA) is 60.2 Å². The smallest absolute Gasteiger partial charge is 0.148 e. The van der Waals surface area contributed by atoms with Crippen LogP contribution in [-0.2, 0) is 6.61 Å².